The van der Waals surface area contributed by atoms with Crippen LogP contribution in [0, 0.1) is 19.8 Å². The summed E-state index contributed by atoms with van der Waals surface area (Å²) in [6.07, 6.45) is 0.994. The summed E-state index contributed by atoms with van der Waals surface area (Å²) in [5.74, 6) is -0.823. The van der Waals surface area contributed by atoms with E-state index in [-0.39, 0.29) is 18.3 Å². The van der Waals surface area contributed by atoms with E-state index < -0.39 is 11.9 Å². The van der Waals surface area contributed by atoms with E-state index in [0.717, 1.165) is 28.7 Å². The van der Waals surface area contributed by atoms with Crippen molar-refractivity contribution in [3.8, 4) is 5.75 Å². The van der Waals surface area contributed by atoms with Crippen LogP contribution in [0.2, 0.25) is 0 Å². The van der Waals surface area contributed by atoms with Crippen LogP contribution in [-0.2, 0) is 16.0 Å². The number of carboxylic acid groups (broad SMARTS) is 1. The van der Waals surface area contributed by atoms with Gasteiger partial charge < -0.3 is 9.84 Å². The molecule has 2 aromatic rings. The summed E-state index contributed by atoms with van der Waals surface area (Å²) < 4.78 is 5.79. The lowest BCUT2D eigenvalue weighted by Crippen LogP contribution is -2.18. The van der Waals surface area contributed by atoms with Crippen LogP contribution in [0.1, 0.15) is 73.8 Å². The SMILES string of the molecule is Cc1cc(C)c(C(C)CC(=O)O)c(OC(=O)C(C)c2ccc(CC(C)C)cc2)c1. The number of carbonyl (C=O) groups is 2. The Kier molecular flexibility index (Phi) is 7.60. The molecule has 0 radical (unpaired) electrons. The Morgan fingerprint density at radius 3 is 2.17 bits per heavy atom. The third-order valence-electron chi connectivity index (χ3n) is 5.15. The molecule has 0 aliphatic rings. The van der Waals surface area contributed by atoms with Crippen molar-refractivity contribution in [3.05, 3.63) is 64.2 Å². The standard InChI is InChI=1S/C25H32O4/c1-15(2)11-20-7-9-21(10-8-20)19(6)25(28)29-22-13-16(3)12-17(4)24(22)18(5)14-23(26)27/h7-10,12-13,15,18-19H,11,14H2,1-6H3,(H,26,27). The summed E-state index contributed by atoms with van der Waals surface area (Å²) >= 11 is 0. The molecule has 1 N–H and O–H groups in total. The quantitative estimate of drug-likeness (QED) is 0.453. The van der Waals surface area contributed by atoms with Crippen LogP contribution in [0.5, 0.6) is 5.75 Å². The highest BCUT2D eigenvalue weighted by atomic mass is 16.5. The number of hydrogen-bond acceptors (Lipinski definition) is 3. The first-order valence-corrected chi connectivity index (χ1v) is 10.2. The van der Waals surface area contributed by atoms with E-state index in [1.807, 2.05) is 52.0 Å². The van der Waals surface area contributed by atoms with Crippen molar-refractivity contribution in [2.45, 2.75) is 66.2 Å². The molecule has 4 heteroatoms. The van der Waals surface area contributed by atoms with E-state index in [0.29, 0.717) is 11.7 Å². The van der Waals surface area contributed by atoms with Gasteiger partial charge in [-0.2, -0.15) is 0 Å². The minimum Gasteiger partial charge on any atom is -0.481 e. The van der Waals surface area contributed by atoms with Crippen molar-refractivity contribution < 1.29 is 19.4 Å². The molecule has 29 heavy (non-hydrogen) atoms. The number of carboxylic acids is 1. The van der Waals surface area contributed by atoms with Gasteiger partial charge >= 0.3 is 11.9 Å². The molecular formula is C25H32O4. The average Bonchev–Trinajstić information content (AvgIpc) is 2.59. The van der Waals surface area contributed by atoms with Crippen molar-refractivity contribution in [2.24, 2.45) is 5.92 Å². The highest BCUT2D eigenvalue weighted by molar-refractivity contribution is 5.80. The van der Waals surface area contributed by atoms with Gasteiger partial charge in [-0.05, 0) is 67.3 Å². The highest BCUT2D eigenvalue weighted by Crippen LogP contribution is 2.34. The third-order valence-corrected chi connectivity index (χ3v) is 5.15. The van der Waals surface area contributed by atoms with Crippen molar-refractivity contribution in [2.75, 3.05) is 0 Å². The molecule has 0 heterocycles. The van der Waals surface area contributed by atoms with Crippen LogP contribution in [0.25, 0.3) is 0 Å². The van der Waals surface area contributed by atoms with Crippen LogP contribution in [0.3, 0.4) is 0 Å². The molecule has 4 nitrogen and oxygen atoms in total. The lowest BCUT2D eigenvalue weighted by Gasteiger charge is -2.20. The van der Waals surface area contributed by atoms with Gasteiger partial charge in [-0.3, -0.25) is 9.59 Å². The normalized spacial score (nSPS) is 13.2. The van der Waals surface area contributed by atoms with Crippen molar-refractivity contribution in [1.82, 2.24) is 0 Å². The number of aryl methyl sites for hydroxylation is 2. The number of ether oxygens (including phenoxy) is 1. The summed E-state index contributed by atoms with van der Waals surface area (Å²) in [7, 11) is 0. The molecule has 2 rings (SSSR count). The molecule has 0 saturated carbocycles. The van der Waals surface area contributed by atoms with Gasteiger partial charge in [-0.25, -0.2) is 0 Å². The molecule has 0 fully saturated rings. The molecule has 2 atom stereocenters. The Labute approximate surface area is 173 Å². The van der Waals surface area contributed by atoms with Gasteiger partial charge in [0.05, 0.1) is 12.3 Å². The van der Waals surface area contributed by atoms with E-state index in [1.165, 1.54) is 5.56 Å². The Balaban J connectivity index is 2.24. The molecule has 0 saturated heterocycles. The lowest BCUT2D eigenvalue weighted by molar-refractivity contribution is -0.137. The number of carbonyl (C=O) groups excluding carboxylic acids is 1. The number of rotatable bonds is 8. The number of hydrogen-bond donors (Lipinski definition) is 1. The largest absolute Gasteiger partial charge is 0.481 e. The monoisotopic (exact) mass is 396 g/mol. The first-order valence-electron chi connectivity index (χ1n) is 10.2. The van der Waals surface area contributed by atoms with Crippen LogP contribution >= 0.6 is 0 Å². The zero-order chi connectivity index (χ0) is 21.7. The maximum absolute atomic E-state index is 12.9. The zero-order valence-corrected chi connectivity index (χ0v) is 18.3. The predicted octanol–water partition coefficient (Wildman–Crippen LogP) is 5.79. The Morgan fingerprint density at radius 2 is 1.62 bits per heavy atom. The first kappa shape index (κ1) is 22.7. The Hall–Kier alpha value is -2.62. The maximum atomic E-state index is 12.9. The lowest BCUT2D eigenvalue weighted by atomic mass is 9.91. The topological polar surface area (TPSA) is 63.6 Å². The molecular weight excluding hydrogens is 364 g/mol. The van der Waals surface area contributed by atoms with Gasteiger partial charge in [0, 0.05) is 5.56 Å². The second-order valence-corrected chi connectivity index (χ2v) is 8.47. The van der Waals surface area contributed by atoms with Crippen molar-refractivity contribution in [1.29, 1.82) is 0 Å². The second-order valence-electron chi connectivity index (χ2n) is 8.47. The van der Waals surface area contributed by atoms with Gasteiger partial charge in [0.15, 0.2) is 0 Å². The van der Waals surface area contributed by atoms with E-state index >= 15 is 0 Å². The van der Waals surface area contributed by atoms with E-state index in [1.54, 1.807) is 0 Å². The van der Waals surface area contributed by atoms with Gasteiger partial charge in [-0.15, -0.1) is 0 Å². The molecule has 156 valence electrons. The molecule has 0 amide bonds. The number of esters is 1. The molecule has 0 bridgehead atoms. The van der Waals surface area contributed by atoms with Crippen molar-refractivity contribution >= 4 is 11.9 Å². The third kappa shape index (κ3) is 6.18. The van der Waals surface area contributed by atoms with Crippen LogP contribution in [0.15, 0.2) is 36.4 Å². The minimum absolute atomic E-state index is 0.0126. The van der Waals surface area contributed by atoms with E-state index in [4.69, 9.17) is 9.84 Å². The average molecular weight is 397 g/mol. The smallest absolute Gasteiger partial charge is 0.318 e. The summed E-state index contributed by atoms with van der Waals surface area (Å²) in [6, 6.07) is 11.9. The molecule has 2 unspecified atom stereocenters. The number of benzene rings is 2. The van der Waals surface area contributed by atoms with Gasteiger partial charge in [0.1, 0.15) is 5.75 Å². The fourth-order valence-electron chi connectivity index (χ4n) is 3.77. The van der Waals surface area contributed by atoms with Gasteiger partial charge in [0.2, 0.25) is 0 Å². The van der Waals surface area contributed by atoms with Crippen molar-refractivity contribution in [3.63, 3.8) is 0 Å². The Morgan fingerprint density at radius 1 is 1.00 bits per heavy atom. The number of aliphatic carboxylic acids is 1. The zero-order valence-electron chi connectivity index (χ0n) is 18.3. The van der Waals surface area contributed by atoms with Crippen LogP contribution in [0.4, 0.5) is 0 Å². The predicted molar refractivity (Wildman–Crippen MR) is 116 cm³/mol. The minimum atomic E-state index is -0.871. The Bertz CT molecular complexity index is 865. The molecule has 0 spiro atoms. The van der Waals surface area contributed by atoms with Gasteiger partial charge in [0.25, 0.3) is 0 Å². The van der Waals surface area contributed by atoms with Gasteiger partial charge in [-0.1, -0.05) is 51.1 Å². The summed E-state index contributed by atoms with van der Waals surface area (Å²) in [4.78, 5) is 24.0. The molecule has 2 aromatic carbocycles. The van der Waals surface area contributed by atoms with Crippen LogP contribution in [-0.4, -0.2) is 17.0 Å². The first-order chi connectivity index (χ1) is 13.6. The maximum Gasteiger partial charge on any atom is 0.318 e. The molecule has 0 aliphatic carbocycles. The van der Waals surface area contributed by atoms with E-state index in [2.05, 4.69) is 26.0 Å². The molecule has 0 aliphatic heterocycles. The summed E-state index contributed by atoms with van der Waals surface area (Å²) in [5.41, 5.74) is 4.86. The summed E-state index contributed by atoms with van der Waals surface area (Å²) in [6.45, 7) is 11.9. The van der Waals surface area contributed by atoms with Crippen LogP contribution < -0.4 is 4.74 Å². The fourth-order valence-corrected chi connectivity index (χ4v) is 3.77. The molecule has 0 aromatic heterocycles. The second kappa shape index (κ2) is 9.73. The highest BCUT2D eigenvalue weighted by Gasteiger charge is 2.23. The fraction of sp³-hybridized carbons (Fsp3) is 0.440. The summed E-state index contributed by atoms with van der Waals surface area (Å²) in [5, 5.41) is 9.17. The van der Waals surface area contributed by atoms with E-state index in [9.17, 15) is 9.59 Å².